The highest BCUT2D eigenvalue weighted by Crippen LogP contribution is 2.41. The highest BCUT2D eigenvalue weighted by molar-refractivity contribution is 7.92. The number of hydrogen-bond donors (Lipinski definition) is 1. The topological polar surface area (TPSA) is 79.4 Å². The van der Waals surface area contributed by atoms with Crippen LogP contribution in [0.5, 0.6) is 0 Å². The lowest BCUT2D eigenvalue weighted by Crippen LogP contribution is -2.33. The summed E-state index contributed by atoms with van der Waals surface area (Å²) in [6, 6.07) is 8.02. The van der Waals surface area contributed by atoms with E-state index in [1.807, 2.05) is 0 Å². The van der Waals surface area contributed by atoms with Gasteiger partial charge in [-0.2, -0.15) is 0 Å². The van der Waals surface area contributed by atoms with Crippen molar-refractivity contribution >= 4 is 27.3 Å². The zero-order valence-electron chi connectivity index (χ0n) is 14.0. The zero-order chi connectivity index (χ0) is 17.7. The predicted octanol–water partition coefficient (Wildman–Crippen LogP) is 2.44. The molecule has 0 bridgehead atoms. The molecule has 2 aromatic rings. The van der Waals surface area contributed by atoms with Gasteiger partial charge in [-0.05, 0) is 56.7 Å². The van der Waals surface area contributed by atoms with E-state index in [-0.39, 0.29) is 10.8 Å². The largest absolute Gasteiger partial charge is 0.314 e. The minimum absolute atomic E-state index is 0.0511. The van der Waals surface area contributed by atoms with Crippen LogP contribution in [-0.2, 0) is 20.2 Å². The third kappa shape index (κ3) is 2.54. The summed E-state index contributed by atoms with van der Waals surface area (Å²) in [5.74, 6) is -0.0511. The summed E-state index contributed by atoms with van der Waals surface area (Å²) in [6.45, 7) is 5.39. The second kappa shape index (κ2) is 5.31. The number of carbonyl (C=O) groups excluding carboxylic acids is 1. The van der Waals surface area contributed by atoms with E-state index in [4.69, 9.17) is 0 Å². The van der Waals surface area contributed by atoms with E-state index in [1.165, 1.54) is 6.07 Å². The first-order valence-electron chi connectivity index (χ1n) is 7.51. The summed E-state index contributed by atoms with van der Waals surface area (Å²) in [4.78, 5) is 18.1. The lowest BCUT2D eigenvalue weighted by atomic mass is 9.86. The second-order valence-corrected chi connectivity index (χ2v) is 8.14. The minimum atomic E-state index is -3.74. The zero-order valence-corrected chi connectivity index (χ0v) is 14.8. The van der Waals surface area contributed by atoms with Crippen LogP contribution in [0.3, 0.4) is 0 Å². The number of rotatable bonds is 3. The summed E-state index contributed by atoms with van der Waals surface area (Å²) in [7, 11) is -2.05. The summed E-state index contributed by atoms with van der Waals surface area (Å²) in [5, 5.41) is 0. The first kappa shape index (κ1) is 16.4. The van der Waals surface area contributed by atoms with Crippen molar-refractivity contribution in [1.82, 2.24) is 4.98 Å². The van der Waals surface area contributed by atoms with Gasteiger partial charge in [-0.1, -0.05) is 0 Å². The number of amides is 1. The van der Waals surface area contributed by atoms with Crippen molar-refractivity contribution in [2.75, 3.05) is 16.7 Å². The molecule has 126 valence electrons. The SMILES string of the molecule is Cc1cc(NS(=O)(=O)c2ccc3c(c2)C(C)(C)C(=O)N3C)ccn1. The van der Waals surface area contributed by atoms with Gasteiger partial charge in [0.15, 0.2) is 0 Å². The van der Waals surface area contributed by atoms with Crippen LogP contribution in [-0.4, -0.2) is 26.4 Å². The molecule has 0 unspecified atom stereocenters. The van der Waals surface area contributed by atoms with Gasteiger partial charge in [0, 0.05) is 24.6 Å². The van der Waals surface area contributed by atoms with Crippen LogP contribution < -0.4 is 9.62 Å². The van der Waals surface area contributed by atoms with E-state index in [9.17, 15) is 13.2 Å². The Balaban J connectivity index is 2.02. The van der Waals surface area contributed by atoms with Gasteiger partial charge in [0.05, 0.1) is 16.0 Å². The van der Waals surface area contributed by atoms with Crippen LogP contribution in [0.15, 0.2) is 41.4 Å². The molecular formula is C17H19N3O3S. The van der Waals surface area contributed by atoms with Crippen molar-refractivity contribution in [3.63, 3.8) is 0 Å². The van der Waals surface area contributed by atoms with E-state index < -0.39 is 15.4 Å². The van der Waals surface area contributed by atoms with E-state index in [0.29, 0.717) is 11.3 Å². The number of nitrogens with zero attached hydrogens (tertiary/aromatic N) is 2. The molecule has 0 fully saturated rings. The van der Waals surface area contributed by atoms with Crippen molar-refractivity contribution in [1.29, 1.82) is 0 Å². The van der Waals surface area contributed by atoms with Crippen molar-refractivity contribution in [3.05, 3.63) is 47.8 Å². The summed E-state index contributed by atoms with van der Waals surface area (Å²) in [6.07, 6.45) is 1.55. The standard InChI is InChI=1S/C17H19N3O3S/c1-11-9-12(7-8-18-11)19-24(22,23)13-5-6-15-14(10-13)17(2,3)16(21)20(15)4/h5-10H,1-4H3,(H,18,19). The number of fused-ring (bicyclic) bond motifs is 1. The molecule has 7 heteroatoms. The molecule has 1 aromatic carbocycles. The molecule has 1 aliphatic heterocycles. The van der Waals surface area contributed by atoms with Gasteiger partial charge in [-0.15, -0.1) is 0 Å². The molecule has 6 nitrogen and oxygen atoms in total. The average Bonchev–Trinajstić information content (AvgIpc) is 2.68. The molecule has 0 saturated heterocycles. The van der Waals surface area contributed by atoms with Crippen LogP contribution in [0, 0.1) is 6.92 Å². The molecule has 2 heterocycles. The van der Waals surface area contributed by atoms with Crippen LogP contribution in [0.2, 0.25) is 0 Å². The number of sulfonamides is 1. The third-order valence-corrected chi connectivity index (χ3v) is 5.68. The van der Waals surface area contributed by atoms with Crippen molar-refractivity contribution in [2.45, 2.75) is 31.1 Å². The van der Waals surface area contributed by atoms with Gasteiger partial charge >= 0.3 is 0 Å². The van der Waals surface area contributed by atoms with Crippen LogP contribution in [0.25, 0.3) is 0 Å². The van der Waals surface area contributed by atoms with Gasteiger partial charge in [0.2, 0.25) is 5.91 Å². The summed E-state index contributed by atoms with van der Waals surface area (Å²) in [5.41, 5.74) is 1.88. The van der Waals surface area contributed by atoms with Gasteiger partial charge in [-0.25, -0.2) is 8.42 Å². The quantitative estimate of drug-likeness (QED) is 0.927. The molecule has 1 aromatic heterocycles. The number of nitrogens with one attached hydrogen (secondary N) is 1. The van der Waals surface area contributed by atoms with E-state index >= 15 is 0 Å². The minimum Gasteiger partial charge on any atom is -0.314 e. The molecular weight excluding hydrogens is 326 g/mol. The normalized spacial score (nSPS) is 16.2. The molecule has 1 amide bonds. The number of benzene rings is 1. The maximum atomic E-state index is 12.7. The summed E-state index contributed by atoms with van der Waals surface area (Å²) < 4.78 is 27.9. The molecule has 24 heavy (non-hydrogen) atoms. The average molecular weight is 345 g/mol. The number of aromatic nitrogens is 1. The van der Waals surface area contributed by atoms with Gasteiger partial charge in [0.25, 0.3) is 10.0 Å². The maximum Gasteiger partial charge on any atom is 0.261 e. The number of hydrogen-bond acceptors (Lipinski definition) is 4. The highest BCUT2D eigenvalue weighted by Gasteiger charge is 2.42. The smallest absolute Gasteiger partial charge is 0.261 e. The van der Waals surface area contributed by atoms with Crippen LogP contribution in [0.4, 0.5) is 11.4 Å². The van der Waals surface area contributed by atoms with Crippen molar-refractivity contribution in [3.8, 4) is 0 Å². The number of pyridine rings is 1. The predicted molar refractivity (Wildman–Crippen MR) is 92.7 cm³/mol. The fourth-order valence-corrected chi connectivity index (χ4v) is 4.02. The highest BCUT2D eigenvalue weighted by atomic mass is 32.2. The molecule has 3 rings (SSSR count). The lowest BCUT2D eigenvalue weighted by Gasteiger charge is -2.17. The molecule has 0 saturated carbocycles. The molecule has 1 N–H and O–H groups in total. The number of anilines is 2. The lowest BCUT2D eigenvalue weighted by molar-refractivity contribution is -0.121. The number of carbonyl (C=O) groups is 1. The van der Waals surface area contributed by atoms with Gasteiger partial charge in [-0.3, -0.25) is 14.5 Å². The molecule has 1 aliphatic rings. The van der Waals surface area contributed by atoms with Crippen molar-refractivity contribution < 1.29 is 13.2 Å². The van der Waals surface area contributed by atoms with E-state index in [1.54, 1.807) is 63.2 Å². The Bertz CT molecular complexity index is 936. The van der Waals surface area contributed by atoms with Gasteiger partial charge < -0.3 is 4.90 Å². The first-order chi connectivity index (χ1) is 11.1. The third-order valence-electron chi connectivity index (χ3n) is 4.30. The first-order valence-corrected chi connectivity index (χ1v) is 8.99. The molecule has 0 radical (unpaired) electrons. The summed E-state index contributed by atoms with van der Waals surface area (Å²) >= 11 is 0. The fourth-order valence-electron chi connectivity index (χ4n) is 2.94. The Labute approximate surface area is 141 Å². The van der Waals surface area contributed by atoms with E-state index in [0.717, 1.165) is 11.4 Å². The number of aryl methyl sites for hydroxylation is 1. The van der Waals surface area contributed by atoms with Crippen LogP contribution >= 0.6 is 0 Å². The van der Waals surface area contributed by atoms with Crippen molar-refractivity contribution in [2.24, 2.45) is 0 Å². The fraction of sp³-hybridized carbons (Fsp3) is 0.294. The molecule has 0 spiro atoms. The maximum absolute atomic E-state index is 12.7. The van der Waals surface area contributed by atoms with E-state index in [2.05, 4.69) is 9.71 Å². The Morgan fingerprint density at radius 2 is 1.88 bits per heavy atom. The molecule has 0 aliphatic carbocycles. The Kier molecular flexibility index (Phi) is 3.64. The number of likely N-dealkylation sites (N-methyl/N-ethyl adjacent to an activating group) is 1. The molecule has 0 atom stereocenters. The Morgan fingerprint density at radius 3 is 2.54 bits per heavy atom. The van der Waals surface area contributed by atoms with Gasteiger partial charge in [0.1, 0.15) is 0 Å². The monoisotopic (exact) mass is 345 g/mol. The Morgan fingerprint density at radius 1 is 1.17 bits per heavy atom. The second-order valence-electron chi connectivity index (χ2n) is 6.46. The Hall–Kier alpha value is -2.41. The van der Waals surface area contributed by atoms with Crippen LogP contribution in [0.1, 0.15) is 25.1 Å².